The molecular formula is C21H22N4O4S. The third kappa shape index (κ3) is 6.02. The van der Waals surface area contributed by atoms with Crippen molar-refractivity contribution in [1.29, 1.82) is 0 Å². The highest BCUT2D eigenvalue weighted by Crippen LogP contribution is 2.17. The van der Waals surface area contributed by atoms with Gasteiger partial charge in [0.25, 0.3) is 15.9 Å². The van der Waals surface area contributed by atoms with Crippen molar-refractivity contribution < 1.29 is 17.9 Å². The largest absolute Gasteiger partial charge is 0.484 e. The van der Waals surface area contributed by atoms with Gasteiger partial charge in [-0.05, 0) is 54.4 Å². The molecule has 30 heavy (non-hydrogen) atoms. The summed E-state index contributed by atoms with van der Waals surface area (Å²) in [6.07, 6.45) is 4.94. The number of carbonyl (C=O) groups excluding carboxylic acids is 1. The van der Waals surface area contributed by atoms with Gasteiger partial charge in [-0.3, -0.25) is 4.79 Å². The lowest BCUT2D eigenvalue weighted by Gasteiger charge is -2.09. The summed E-state index contributed by atoms with van der Waals surface area (Å²) < 4.78 is 32.5. The number of aryl methyl sites for hydroxylation is 1. The molecule has 1 aromatic heterocycles. The van der Waals surface area contributed by atoms with E-state index >= 15 is 0 Å². The van der Waals surface area contributed by atoms with Crippen LogP contribution in [0.3, 0.4) is 0 Å². The highest BCUT2D eigenvalue weighted by atomic mass is 32.2. The van der Waals surface area contributed by atoms with Gasteiger partial charge >= 0.3 is 0 Å². The van der Waals surface area contributed by atoms with E-state index in [9.17, 15) is 13.2 Å². The zero-order valence-corrected chi connectivity index (χ0v) is 17.2. The van der Waals surface area contributed by atoms with Crippen LogP contribution in [0.5, 0.6) is 5.75 Å². The minimum atomic E-state index is -3.83. The Hall–Kier alpha value is -3.46. The third-order valence-corrected chi connectivity index (χ3v) is 5.42. The molecule has 0 saturated carbocycles. The molecule has 0 atom stereocenters. The fourth-order valence-corrected chi connectivity index (χ4v) is 3.59. The first-order valence-electron chi connectivity index (χ1n) is 9.38. The Labute approximate surface area is 175 Å². The molecule has 9 heteroatoms. The van der Waals surface area contributed by atoms with Crippen LogP contribution >= 0.6 is 0 Å². The molecule has 8 nitrogen and oxygen atoms in total. The lowest BCUT2D eigenvalue weighted by atomic mass is 10.1. The predicted octanol–water partition coefficient (Wildman–Crippen LogP) is 3.25. The molecule has 2 N–H and O–H groups in total. The Morgan fingerprint density at radius 2 is 1.67 bits per heavy atom. The van der Waals surface area contributed by atoms with Crippen molar-refractivity contribution in [2.24, 2.45) is 0 Å². The molecule has 0 saturated heterocycles. The number of nitrogens with zero attached hydrogens (tertiary/aromatic N) is 2. The average Bonchev–Trinajstić information content (AvgIpc) is 2.74. The molecule has 156 valence electrons. The van der Waals surface area contributed by atoms with Gasteiger partial charge in [-0.1, -0.05) is 25.5 Å². The van der Waals surface area contributed by atoms with E-state index in [1.54, 1.807) is 6.07 Å². The normalized spacial score (nSPS) is 11.0. The van der Waals surface area contributed by atoms with Gasteiger partial charge in [0.2, 0.25) is 5.95 Å². The van der Waals surface area contributed by atoms with E-state index in [0.717, 1.165) is 12.8 Å². The van der Waals surface area contributed by atoms with Gasteiger partial charge in [0.05, 0.1) is 4.90 Å². The van der Waals surface area contributed by atoms with Gasteiger partial charge in [-0.2, -0.15) is 0 Å². The van der Waals surface area contributed by atoms with Crippen molar-refractivity contribution in [3.63, 3.8) is 0 Å². The lowest BCUT2D eigenvalue weighted by molar-refractivity contribution is -0.118. The van der Waals surface area contributed by atoms with E-state index in [0.29, 0.717) is 11.4 Å². The second kappa shape index (κ2) is 9.84. The van der Waals surface area contributed by atoms with Crippen LogP contribution < -0.4 is 14.8 Å². The maximum absolute atomic E-state index is 12.4. The minimum absolute atomic E-state index is 0.0187. The fourth-order valence-electron chi connectivity index (χ4n) is 2.64. The van der Waals surface area contributed by atoms with Crippen LogP contribution in [0, 0.1) is 0 Å². The molecule has 3 aromatic rings. The number of anilines is 2. The molecule has 0 radical (unpaired) electrons. The van der Waals surface area contributed by atoms with Crippen LogP contribution in [0.4, 0.5) is 11.6 Å². The summed E-state index contributed by atoms with van der Waals surface area (Å²) >= 11 is 0. The van der Waals surface area contributed by atoms with E-state index in [2.05, 4.69) is 26.9 Å². The Morgan fingerprint density at radius 1 is 1.00 bits per heavy atom. The molecule has 3 rings (SSSR count). The second-order valence-corrected chi connectivity index (χ2v) is 8.12. The summed E-state index contributed by atoms with van der Waals surface area (Å²) in [6, 6.07) is 15.0. The van der Waals surface area contributed by atoms with Crippen LogP contribution in [0.2, 0.25) is 0 Å². The van der Waals surface area contributed by atoms with Crippen LogP contribution in [0.1, 0.15) is 18.9 Å². The number of rotatable bonds is 9. The molecule has 1 amide bonds. The van der Waals surface area contributed by atoms with Crippen molar-refractivity contribution in [1.82, 2.24) is 9.97 Å². The van der Waals surface area contributed by atoms with Crippen LogP contribution in [0.15, 0.2) is 71.9 Å². The number of hydrogen-bond donors (Lipinski definition) is 2. The predicted molar refractivity (Wildman–Crippen MR) is 114 cm³/mol. The Morgan fingerprint density at radius 3 is 2.30 bits per heavy atom. The third-order valence-electron chi connectivity index (χ3n) is 4.07. The molecule has 0 aliphatic heterocycles. The van der Waals surface area contributed by atoms with E-state index in [1.807, 2.05) is 24.3 Å². The average molecular weight is 426 g/mol. The maximum atomic E-state index is 12.4. The summed E-state index contributed by atoms with van der Waals surface area (Å²) in [4.78, 5) is 19.8. The number of hydrogen-bond acceptors (Lipinski definition) is 6. The topological polar surface area (TPSA) is 110 Å². The lowest BCUT2D eigenvalue weighted by Crippen LogP contribution is -2.20. The summed E-state index contributed by atoms with van der Waals surface area (Å²) in [5, 5.41) is 2.67. The van der Waals surface area contributed by atoms with Crippen molar-refractivity contribution in [2.45, 2.75) is 24.7 Å². The number of ether oxygens (including phenoxy) is 1. The van der Waals surface area contributed by atoms with E-state index in [1.165, 1.54) is 42.2 Å². The number of amides is 1. The smallest absolute Gasteiger partial charge is 0.264 e. The fraction of sp³-hybridized carbons (Fsp3) is 0.190. The number of benzene rings is 2. The molecule has 0 spiro atoms. The van der Waals surface area contributed by atoms with Crippen LogP contribution in [-0.2, 0) is 21.2 Å². The zero-order chi connectivity index (χ0) is 21.4. The molecule has 0 unspecified atom stereocenters. The summed E-state index contributed by atoms with van der Waals surface area (Å²) in [7, 11) is -3.83. The molecule has 0 aliphatic rings. The van der Waals surface area contributed by atoms with Crippen molar-refractivity contribution in [3.8, 4) is 5.75 Å². The van der Waals surface area contributed by atoms with Gasteiger partial charge in [0.1, 0.15) is 5.75 Å². The molecule has 2 aromatic carbocycles. The van der Waals surface area contributed by atoms with Gasteiger partial charge in [-0.15, -0.1) is 0 Å². The van der Waals surface area contributed by atoms with Crippen LogP contribution in [0.25, 0.3) is 0 Å². The Bertz CT molecular complexity index is 1070. The Balaban J connectivity index is 1.54. The van der Waals surface area contributed by atoms with Crippen molar-refractivity contribution in [3.05, 3.63) is 72.6 Å². The molecular weight excluding hydrogens is 404 g/mol. The summed E-state index contributed by atoms with van der Waals surface area (Å²) in [5.41, 5.74) is 1.68. The van der Waals surface area contributed by atoms with Gasteiger partial charge in [-0.25, -0.2) is 23.1 Å². The zero-order valence-electron chi connectivity index (χ0n) is 16.4. The standard InChI is InChI=1S/C21H22N4O4S/c1-2-4-16-5-9-18(10-6-16)29-15-20(26)24-17-7-11-19(12-8-17)30(27,28)25-21-22-13-3-14-23-21/h3,5-14H,2,4,15H2,1H3,(H,24,26)(H,22,23,25). The van der Waals surface area contributed by atoms with E-state index < -0.39 is 10.0 Å². The highest BCUT2D eigenvalue weighted by Gasteiger charge is 2.15. The SMILES string of the molecule is CCCc1ccc(OCC(=O)Nc2ccc(S(=O)(=O)Nc3ncccn3)cc2)cc1. The van der Waals surface area contributed by atoms with E-state index in [4.69, 9.17) is 4.74 Å². The first kappa shape index (κ1) is 21.3. The van der Waals surface area contributed by atoms with Gasteiger partial charge in [0, 0.05) is 18.1 Å². The van der Waals surface area contributed by atoms with Crippen molar-refractivity contribution in [2.75, 3.05) is 16.6 Å². The summed E-state index contributed by atoms with van der Waals surface area (Å²) in [5.74, 6) is 0.245. The van der Waals surface area contributed by atoms with Crippen molar-refractivity contribution >= 4 is 27.6 Å². The first-order chi connectivity index (χ1) is 14.5. The van der Waals surface area contributed by atoms with E-state index in [-0.39, 0.29) is 23.4 Å². The maximum Gasteiger partial charge on any atom is 0.264 e. The molecule has 0 aliphatic carbocycles. The number of carbonyl (C=O) groups is 1. The Kier molecular flexibility index (Phi) is 6.97. The minimum Gasteiger partial charge on any atom is -0.484 e. The number of aromatic nitrogens is 2. The number of sulfonamides is 1. The molecule has 1 heterocycles. The highest BCUT2D eigenvalue weighted by molar-refractivity contribution is 7.92. The molecule has 0 bridgehead atoms. The number of nitrogens with one attached hydrogen (secondary N) is 2. The summed E-state index contributed by atoms with van der Waals surface area (Å²) in [6.45, 7) is 1.96. The second-order valence-electron chi connectivity index (χ2n) is 6.43. The van der Waals surface area contributed by atoms with Crippen LogP contribution in [-0.4, -0.2) is 30.9 Å². The van der Waals surface area contributed by atoms with Gasteiger partial charge < -0.3 is 10.1 Å². The first-order valence-corrected chi connectivity index (χ1v) is 10.9. The monoisotopic (exact) mass is 426 g/mol. The quantitative estimate of drug-likeness (QED) is 0.543. The van der Waals surface area contributed by atoms with Gasteiger partial charge in [0.15, 0.2) is 6.61 Å². The molecule has 0 fully saturated rings.